The number of aliphatic hydroxyl groups is 1. The molecule has 0 saturated carbocycles. The van der Waals surface area contributed by atoms with Crippen molar-refractivity contribution in [2.45, 2.75) is 39.8 Å². The molecule has 2 N–H and O–H groups in total. The number of likely N-dealkylation sites (tertiary alicyclic amines) is 1. The van der Waals surface area contributed by atoms with Crippen molar-refractivity contribution in [3.63, 3.8) is 0 Å². The van der Waals surface area contributed by atoms with E-state index in [1.54, 1.807) is 4.90 Å². The van der Waals surface area contributed by atoms with Crippen LogP contribution in [0.2, 0.25) is 0 Å². The summed E-state index contributed by atoms with van der Waals surface area (Å²) in [5.41, 5.74) is 3.55. The Bertz CT molecular complexity index is 487. The first-order chi connectivity index (χ1) is 9.47. The summed E-state index contributed by atoms with van der Waals surface area (Å²) in [6, 6.07) is 6.14. The minimum Gasteiger partial charge on any atom is -0.391 e. The van der Waals surface area contributed by atoms with E-state index in [0.717, 1.165) is 18.5 Å². The molecule has 0 aromatic heterocycles. The molecule has 0 radical (unpaired) electrons. The Hall–Kier alpha value is -1.55. The number of amides is 2. The van der Waals surface area contributed by atoms with Crippen molar-refractivity contribution in [3.05, 3.63) is 34.9 Å². The molecule has 110 valence electrons. The molecule has 1 aliphatic heterocycles. The van der Waals surface area contributed by atoms with Crippen molar-refractivity contribution >= 4 is 6.03 Å². The van der Waals surface area contributed by atoms with Crippen LogP contribution in [0, 0.1) is 19.8 Å². The maximum absolute atomic E-state index is 12.1. The fraction of sp³-hybridized carbons (Fsp3) is 0.562. The fourth-order valence-electron chi connectivity index (χ4n) is 2.56. The van der Waals surface area contributed by atoms with Gasteiger partial charge in [-0.2, -0.15) is 0 Å². The van der Waals surface area contributed by atoms with Gasteiger partial charge in [0.25, 0.3) is 0 Å². The number of rotatable bonds is 2. The van der Waals surface area contributed by atoms with E-state index in [9.17, 15) is 9.90 Å². The third kappa shape index (κ3) is 3.51. The second-order valence-corrected chi connectivity index (χ2v) is 5.87. The number of urea groups is 1. The number of carbonyl (C=O) groups is 1. The second-order valence-electron chi connectivity index (χ2n) is 5.87. The standard InChI is InChI=1S/C16H24N2O2/c1-11-4-5-14(13(3)8-11)9-17-16(20)18-7-6-12(2)15(19)10-18/h4-5,8,12,15,19H,6-7,9-10H2,1-3H3,(H,17,20). The summed E-state index contributed by atoms with van der Waals surface area (Å²) >= 11 is 0. The molecule has 0 bridgehead atoms. The highest BCUT2D eigenvalue weighted by molar-refractivity contribution is 5.74. The summed E-state index contributed by atoms with van der Waals surface area (Å²) in [6.45, 7) is 7.83. The van der Waals surface area contributed by atoms with Crippen molar-refractivity contribution in [1.82, 2.24) is 10.2 Å². The Labute approximate surface area is 120 Å². The van der Waals surface area contributed by atoms with Crippen LogP contribution in [0.3, 0.4) is 0 Å². The van der Waals surface area contributed by atoms with Crippen LogP contribution in [0.15, 0.2) is 18.2 Å². The van der Waals surface area contributed by atoms with Crippen LogP contribution in [0.5, 0.6) is 0 Å². The quantitative estimate of drug-likeness (QED) is 0.870. The van der Waals surface area contributed by atoms with E-state index >= 15 is 0 Å². The fourth-order valence-corrected chi connectivity index (χ4v) is 2.56. The molecule has 2 rings (SSSR count). The lowest BCUT2D eigenvalue weighted by Crippen LogP contribution is -2.49. The largest absolute Gasteiger partial charge is 0.391 e. The molecule has 4 nitrogen and oxygen atoms in total. The summed E-state index contributed by atoms with van der Waals surface area (Å²) in [5, 5.41) is 12.8. The number of carbonyl (C=O) groups excluding carboxylic acids is 1. The molecule has 2 unspecified atom stereocenters. The second kappa shape index (κ2) is 6.27. The first kappa shape index (κ1) is 14.9. The van der Waals surface area contributed by atoms with E-state index in [2.05, 4.69) is 37.4 Å². The van der Waals surface area contributed by atoms with Gasteiger partial charge in [-0.15, -0.1) is 0 Å². The number of aliphatic hydroxyl groups excluding tert-OH is 1. The maximum Gasteiger partial charge on any atom is 0.317 e. The molecular weight excluding hydrogens is 252 g/mol. The van der Waals surface area contributed by atoms with E-state index < -0.39 is 6.10 Å². The topological polar surface area (TPSA) is 52.6 Å². The number of piperidine rings is 1. The average Bonchev–Trinajstić information content (AvgIpc) is 2.40. The minimum absolute atomic E-state index is 0.0871. The normalized spacial score (nSPS) is 22.7. The summed E-state index contributed by atoms with van der Waals surface area (Å²) in [4.78, 5) is 13.8. The number of hydrogen-bond donors (Lipinski definition) is 2. The highest BCUT2D eigenvalue weighted by atomic mass is 16.3. The monoisotopic (exact) mass is 276 g/mol. The predicted octanol–water partition coefficient (Wildman–Crippen LogP) is 2.22. The number of β-amino-alcohol motifs (C(OH)–C–C–N with tert-alkyl or cyclic N) is 1. The Morgan fingerprint density at radius 1 is 1.45 bits per heavy atom. The van der Waals surface area contributed by atoms with Crippen molar-refractivity contribution in [2.75, 3.05) is 13.1 Å². The van der Waals surface area contributed by atoms with Crippen molar-refractivity contribution in [2.24, 2.45) is 5.92 Å². The smallest absolute Gasteiger partial charge is 0.317 e. The van der Waals surface area contributed by atoms with Gasteiger partial charge in [0, 0.05) is 19.6 Å². The predicted molar refractivity (Wildman–Crippen MR) is 79.5 cm³/mol. The third-order valence-corrected chi connectivity index (χ3v) is 4.13. The Balaban J connectivity index is 1.89. The third-order valence-electron chi connectivity index (χ3n) is 4.13. The van der Waals surface area contributed by atoms with Crippen LogP contribution in [-0.2, 0) is 6.54 Å². The van der Waals surface area contributed by atoms with Crippen LogP contribution in [0.4, 0.5) is 4.79 Å². The molecule has 20 heavy (non-hydrogen) atoms. The van der Waals surface area contributed by atoms with Gasteiger partial charge in [-0.3, -0.25) is 0 Å². The van der Waals surface area contributed by atoms with E-state index in [1.807, 2.05) is 6.92 Å². The molecule has 1 saturated heterocycles. The molecule has 0 spiro atoms. The Kier molecular flexibility index (Phi) is 4.65. The van der Waals surface area contributed by atoms with Gasteiger partial charge < -0.3 is 15.3 Å². The summed E-state index contributed by atoms with van der Waals surface area (Å²) in [7, 11) is 0. The highest BCUT2D eigenvalue weighted by Crippen LogP contribution is 2.17. The molecule has 4 heteroatoms. The Morgan fingerprint density at radius 3 is 2.85 bits per heavy atom. The lowest BCUT2D eigenvalue weighted by atomic mass is 9.96. The summed E-state index contributed by atoms with van der Waals surface area (Å²) < 4.78 is 0. The number of hydrogen-bond acceptors (Lipinski definition) is 2. The van der Waals surface area contributed by atoms with Crippen molar-refractivity contribution in [1.29, 1.82) is 0 Å². The van der Waals surface area contributed by atoms with Gasteiger partial charge in [-0.25, -0.2) is 4.79 Å². The lowest BCUT2D eigenvalue weighted by molar-refractivity contribution is 0.0435. The zero-order valence-corrected chi connectivity index (χ0v) is 12.5. The molecule has 1 aromatic rings. The van der Waals surface area contributed by atoms with Crippen LogP contribution < -0.4 is 5.32 Å². The molecular formula is C16H24N2O2. The number of aryl methyl sites for hydroxylation is 2. The maximum atomic E-state index is 12.1. The van der Waals surface area contributed by atoms with Crippen LogP contribution in [0.1, 0.15) is 30.0 Å². The van der Waals surface area contributed by atoms with Crippen molar-refractivity contribution < 1.29 is 9.90 Å². The molecule has 1 aromatic carbocycles. The van der Waals surface area contributed by atoms with Crippen LogP contribution in [0.25, 0.3) is 0 Å². The van der Waals surface area contributed by atoms with Crippen LogP contribution >= 0.6 is 0 Å². The first-order valence-electron chi connectivity index (χ1n) is 7.24. The zero-order valence-electron chi connectivity index (χ0n) is 12.5. The van der Waals surface area contributed by atoms with Crippen LogP contribution in [-0.4, -0.2) is 35.2 Å². The van der Waals surface area contributed by atoms with Gasteiger partial charge in [0.2, 0.25) is 0 Å². The SMILES string of the molecule is Cc1ccc(CNC(=O)N2CCC(C)C(O)C2)c(C)c1. The van der Waals surface area contributed by atoms with E-state index in [4.69, 9.17) is 0 Å². The molecule has 2 atom stereocenters. The van der Waals surface area contributed by atoms with Gasteiger partial charge >= 0.3 is 6.03 Å². The van der Waals surface area contributed by atoms with Gasteiger partial charge in [0.05, 0.1) is 6.10 Å². The molecule has 1 fully saturated rings. The lowest BCUT2D eigenvalue weighted by Gasteiger charge is -2.34. The molecule has 2 amide bonds. The molecule has 1 heterocycles. The Morgan fingerprint density at radius 2 is 2.20 bits per heavy atom. The summed E-state index contributed by atoms with van der Waals surface area (Å²) in [5.74, 6) is 0.276. The average molecular weight is 276 g/mol. The van der Waals surface area contributed by atoms with Gasteiger partial charge in [-0.1, -0.05) is 30.7 Å². The van der Waals surface area contributed by atoms with E-state index in [1.165, 1.54) is 11.1 Å². The van der Waals surface area contributed by atoms with E-state index in [-0.39, 0.29) is 11.9 Å². The van der Waals surface area contributed by atoms with Crippen molar-refractivity contribution in [3.8, 4) is 0 Å². The summed E-state index contributed by atoms with van der Waals surface area (Å²) in [6.07, 6.45) is 0.452. The number of nitrogens with one attached hydrogen (secondary N) is 1. The highest BCUT2D eigenvalue weighted by Gasteiger charge is 2.27. The molecule has 1 aliphatic rings. The minimum atomic E-state index is -0.407. The van der Waals surface area contributed by atoms with Gasteiger partial charge in [0.15, 0.2) is 0 Å². The van der Waals surface area contributed by atoms with E-state index in [0.29, 0.717) is 13.1 Å². The zero-order chi connectivity index (χ0) is 14.7. The molecule has 0 aliphatic carbocycles. The number of nitrogens with zero attached hydrogens (tertiary/aromatic N) is 1. The first-order valence-corrected chi connectivity index (χ1v) is 7.24. The van der Waals surface area contributed by atoms with Gasteiger partial charge in [-0.05, 0) is 37.3 Å². The van der Waals surface area contributed by atoms with Gasteiger partial charge in [0.1, 0.15) is 0 Å². The number of benzene rings is 1.